The quantitative estimate of drug-likeness (QED) is 0.869. The van der Waals surface area contributed by atoms with Crippen molar-refractivity contribution >= 4 is 20.9 Å². The molecular weight excluding hydrogens is 256 g/mol. The Kier molecular flexibility index (Phi) is 1.98. The van der Waals surface area contributed by atoms with Gasteiger partial charge in [-0.15, -0.1) is 0 Å². The molecule has 0 aliphatic heterocycles. The summed E-state index contributed by atoms with van der Waals surface area (Å²) < 4.78 is 28.0. The van der Waals surface area contributed by atoms with E-state index in [1.165, 1.54) is 18.2 Å². The molecule has 0 unspecified atom stereocenters. The van der Waals surface area contributed by atoms with Crippen molar-refractivity contribution in [3.63, 3.8) is 0 Å². The predicted molar refractivity (Wildman–Crippen MR) is 61.6 cm³/mol. The van der Waals surface area contributed by atoms with E-state index in [1.54, 1.807) is 0 Å². The topological polar surface area (TPSA) is 104 Å². The van der Waals surface area contributed by atoms with Crippen LogP contribution in [-0.4, -0.2) is 18.1 Å². The molecule has 1 aromatic carbocycles. The number of aromatic amines is 1. The van der Waals surface area contributed by atoms with E-state index in [9.17, 15) is 13.2 Å². The molecule has 1 aromatic heterocycles. The van der Waals surface area contributed by atoms with E-state index in [0.717, 1.165) is 0 Å². The molecule has 1 aliphatic rings. The van der Waals surface area contributed by atoms with Crippen molar-refractivity contribution in [2.45, 2.75) is 22.5 Å². The van der Waals surface area contributed by atoms with Crippen LogP contribution in [0.2, 0.25) is 0 Å². The molecule has 6 nitrogen and oxygen atoms in total. The number of fused-ring (bicyclic) bond motifs is 1. The minimum Gasteiger partial charge on any atom is -0.408 e. The van der Waals surface area contributed by atoms with E-state index < -0.39 is 20.3 Å². The second-order valence-electron chi connectivity index (χ2n) is 4.28. The van der Waals surface area contributed by atoms with Crippen molar-refractivity contribution in [2.75, 3.05) is 0 Å². The van der Waals surface area contributed by atoms with E-state index in [-0.39, 0.29) is 4.90 Å². The summed E-state index contributed by atoms with van der Waals surface area (Å²) in [4.78, 5) is 13.4. The first-order valence-electron chi connectivity index (χ1n) is 5.27. The fourth-order valence-corrected chi connectivity index (χ4v) is 3.61. The van der Waals surface area contributed by atoms with Gasteiger partial charge in [-0.3, -0.25) is 4.98 Å². The van der Waals surface area contributed by atoms with Crippen molar-refractivity contribution in [2.24, 2.45) is 0 Å². The zero-order valence-corrected chi connectivity index (χ0v) is 9.95. The summed E-state index contributed by atoms with van der Waals surface area (Å²) in [6.45, 7) is 0. The molecular formula is C11H8N2O4S. The standard InChI is InChI=1S/C11H8N2O4S/c12-6-11(3-4-11)18(15,16)7-1-2-9-8(5-7)13-10(14)17-9/h1-2,5H,3-4H2,(H,13,14). The van der Waals surface area contributed by atoms with Crippen LogP contribution in [0.4, 0.5) is 0 Å². The highest BCUT2D eigenvalue weighted by Gasteiger charge is 2.56. The van der Waals surface area contributed by atoms with E-state index in [4.69, 9.17) is 9.68 Å². The van der Waals surface area contributed by atoms with Gasteiger partial charge in [-0.2, -0.15) is 5.26 Å². The molecule has 7 heteroatoms. The highest BCUT2D eigenvalue weighted by Crippen LogP contribution is 2.46. The van der Waals surface area contributed by atoms with Gasteiger partial charge in [0.15, 0.2) is 20.2 Å². The van der Waals surface area contributed by atoms with Gasteiger partial charge < -0.3 is 4.42 Å². The van der Waals surface area contributed by atoms with Crippen LogP contribution < -0.4 is 5.76 Å². The van der Waals surface area contributed by atoms with Crippen LogP contribution in [0.3, 0.4) is 0 Å². The summed E-state index contributed by atoms with van der Waals surface area (Å²) in [5.74, 6) is -0.638. The Morgan fingerprint density at radius 2 is 2.11 bits per heavy atom. The Balaban J connectivity index is 2.21. The van der Waals surface area contributed by atoms with Crippen LogP contribution >= 0.6 is 0 Å². The average Bonchev–Trinajstić information content (AvgIpc) is 3.05. The molecule has 1 fully saturated rings. The Bertz CT molecular complexity index is 834. The molecule has 0 bridgehead atoms. The minimum atomic E-state index is -3.68. The molecule has 0 spiro atoms. The highest BCUT2D eigenvalue weighted by atomic mass is 32.2. The molecule has 1 aliphatic carbocycles. The molecule has 0 amide bonds. The third kappa shape index (κ3) is 1.32. The summed E-state index contributed by atoms with van der Waals surface area (Å²) >= 11 is 0. The Morgan fingerprint density at radius 1 is 1.39 bits per heavy atom. The fourth-order valence-electron chi connectivity index (χ4n) is 1.88. The molecule has 0 radical (unpaired) electrons. The van der Waals surface area contributed by atoms with E-state index in [2.05, 4.69) is 4.98 Å². The van der Waals surface area contributed by atoms with Crippen molar-refractivity contribution in [3.8, 4) is 6.07 Å². The Morgan fingerprint density at radius 3 is 2.72 bits per heavy atom. The van der Waals surface area contributed by atoms with Crippen LogP contribution in [0.1, 0.15) is 12.8 Å². The maximum Gasteiger partial charge on any atom is 0.417 e. The van der Waals surface area contributed by atoms with Crippen molar-refractivity contribution in [3.05, 3.63) is 28.7 Å². The first-order chi connectivity index (χ1) is 8.48. The Hall–Kier alpha value is -2.07. The van der Waals surface area contributed by atoms with E-state index in [1.807, 2.05) is 6.07 Å². The van der Waals surface area contributed by atoms with Crippen LogP contribution in [0.5, 0.6) is 0 Å². The third-order valence-electron chi connectivity index (χ3n) is 3.12. The number of hydrogen-bond donors (Lipinski definition) is 1. The van der Waals surface area contributed by atoms with Crippen molar-refractivity contribution < 1.29 is 12.8 Å². The number of aromatic nitrogens is 1. The van der Waals surface area contributed by atoms with E-state index in [0.29, 0.717) is 23.9 Å². The van der Waals surface area contributed by atoms with Gasteiger partial charge in [-0.05, 0) is 31.0 Å². The number of rotatable bonds is 2. The van der Waals surface area contributed by atoms with Crippen LogP contribution in [-0.2, 0) is 9.84 Å². The van der Waals surface area contributed by atoms with Gasteiger partial charge in [0.1, 0.15) is 0 Å². The van der Waals surface area contributed by atoms with Crippen LogP contribution in [0, 0.1) is 11.3 Å². The monoisotopic (exact) mass is 264 g/mol. The largest absolute Gasteiger partial charge is 0.417 e. The SMILES string of the molecule is N#CC1(S(=O)(=O)c2ccc3oc(=O)[nH]c3c2)CC1. The summed E-state index contributed by atoms with van der Waals surface area (Å²) in [7, 11) is -3.68. The average molecular weight is 264 g/mol. The number of nitrogens with zero attached hydrogens (tertiary/aromatic N) is 1. The van der Waals surface area contributed by atoms with E-state index >= 15 is 0 Å². The molecule has 92 valence electrons. The number of benzene rings is 1. The lowest BCUT2D eigenvalue weighted by Gasteiger charge is -2.07. The molecule has 3 rings (SSSR count). The van der Waals surface area contributed by atoms with Crippen molar-refractivity contribution in [1.29, 1.82) is 5.26 Å². The number of hydrogen-bond acceptors (Lipinski definition) is 5. The summed E-state index contributed by atoms with van der Waals surface area (Å²) in [6, 6.07) is 5.95. The second kappa shape index (κ2) is 3.23. The minimum absolute atomic E-state index is 0.0334. The second-order valence-corrected chi connectivity index (χ2v) is 6.54. The lowest BCUT2D eigenvalue weighted by molar-refractivity contribution is 0.555. The smallest absolute Gasteiger partial charge is 0.408 e. The Labute approximate surface area is 102 Å². The molecule has 0 atom stereocenters. The summed E-state index contributed by atoms with van der Waals surface area (Å²) in [5, 5.41) is 8.97. The zero-order valence-electron chi connectivity index (χ0n) is 9.13. The first kappa shape index (κ1) is 11.0. The summed E-state index contributed by atoms with van der Waals surface area (Å²) in [6.07, 6.45) is 0.706. The van der Waals surface area contributed by atoms with Gasteiger partial charge >= 0.3 is 5.76 Å². The van der Waals surface area contributed by atoms with Crippen LogP contribution in [0.15, 0.2) is 32.3 Å². The van der Waals surface area contributed by atoms with Gasteiger partial charge in [-0.1, -0.05) is 0 Å². The number of oxazole rings is 1. The summed E-state index contributed by atoms with van der Waals surface area (Å²) in [5.41, 5.74) is 0.607. The van der Waals surface area contributed by atoms with Gasteiger partial charge in [0.05, 0.1) is 16.5 Å². The third-order valence-corrected chi connectivity index (χ3v) is 5.53. The maximum atomic E-state index is 12.3. The normalized spacial score (nSPS) is 17.5. The van der Waals surface area contributed by atoms with Crippen LogP contribution in [0.25, 0.3) is 11.1 Å². The molecule has 1 saturated carbocycles. The molecule has 0 saturated heterocycles. The zero-order chi connectivity index (χ0) is 13.0. The van der Waals surface area contributed by atoms with Gasteiger partial charge in [0.2, 0.25) is 0 Å². The lowest BCUT2D eigenvalue weighted by atomic mass is 10.3. The number of nitriles is 1. The maximum absolute atomic E-state index is 12.3. The molecule has 18 heavy (non-hydrogen) atoms. The lowest BCUT2D eigenvalue weighted by Crippen LogP contribution is -2.21. The highest BCUT2D eigenvalue weighted by molar-refractivity contribution is 7.93. The molecule has 1 N–H and O–H groups in total. The van der Waals surface area contributed by atoms with Gasteiger partial charge in [0, 0.05) is 0 Å². The number of H-pyrrole nitrogens is 1. The first-order valence-corrected chi connectivity index (χ1v) is 6.76. The molecule has 1 heterocycles. The van der Waals surface area contributed by atoms with Gasteiger partial charge in [0.25, 0.3) is 0 Å². The fraction of sp³-hybridized carbons (Fsp3) is 0.273. The number of sulfone groups is 1. The number of nitrogens with one attached hydrogen (secondary N) is 1. The predicted octanol–water partition coefficient (Wildman–Crippen LogP) is 0.951. The van der Waals surface area contributed by atoms with Crippen molar-refractivity contribution in [1.82, 2.24) is 4.98 Å². The molecule has 2 aromatic rings. The van der Waals surface area contributed by atoms with Gasteiger partial charge in [-0.25, -0.2) is 13.2 Å².